The summed E-state index contributed by atoms with van der Waals surface area (Å²) in [7, 11) is 0. The third kappa shape index (κ3) is 2.51. The topological polar surface area (TPSA) is 66.2 Å². The van der Waals surface area contributed by atoms with Crippen molar-refractivity contribution in [3.8, 4) is 0 Å². The van der Waals surface area contributed by atoms with Crippen LogP contribution < -0.4 is 5.06 Å². The van der Waals surface area contributed by atoms with Gasteiger partial charge in [0.25, 0.3) is 5.95 Å². The lowest BCUT2D eigenvalue weighted by Gasteiger charge is -2.38. The summed E-state index contributed by atoms with van der Waals surface area (Å²) < 4.78 is 0. The van der Waals surface area contributed by atoms with Crippen LogP contribution in [0.1, 0.15) is 5.56 Å². The van der Waals surface area contributed by atoms with Crippen molar-refractivity contribution >= 4 is 29.6 Å². The summed E-state index contributed by atoms with van der Waals surface area (Å²) in [4.78, 5) is 20.2. The van der Waals surface area contributed by atoms with Gasteiger partial charge in [0, 0.05) is 35.4 Å². The van der Waals surface area contributed by atoms with Crippen molar-refractivity contribution in [2.24, 2.45) is 10.1 Å². The summed E-state index contributed by atoms with van der Waals surface area (Å²) in [6.07, 6.45) is 8.21. The van der Waals surface area contributed by atoms with E-state index >= 15 is 0 Å². The van der Waals surface area contributed by atoms with Gasteiger partial charge in [0.1, 0.15) is 0 Å². The first-order valence-corrected chi connectivity index (χ1v) is 7.26. The number of aromatic nitrogens is 2. The summed E-state index contributed by atoms with van der Waals surface area (Å²) in [6.45, 7) is 0. The number of aliphatic imine (C=N–C) groups is 1. The van der Waals surface area contributed by atoms with E-state index in [4.69, 9.17) is 16.5 Å². The highest BCUT2D eigenvalue weighted by atomic mass is 35.5. The first kappa shape index (κ1) is 13.7. The SMILES string of the molecule is Clc1ccc(C2=NON(c3ncccn3)[C@@H]3N=CC=CN23)cc1. The lowest BCUT2D eigenvalue weighted by atomic mass is 10.2. The van der Waals surface area contributed by atoms with Gasteiger partial charge >= 0.3 is 0 Å². The molecule has 0 N–H and O–H groups in total. The Morgan fingerprint density at radius 3 is 2.65 bits per heavy atom. The number of oxime groups is 1. The molecule has 23 heavy (non-hydrogen) atoms. The van der Waals surface area contributed by atoms with E-state index in [1.165, 1.54) is 5.06 Å². The Hall–Kier alpha value is -2.93. The molecule has 0 saturated heterocycles. The van der Waals surface area contributed by atoms with Gasteiger partial charge in [-0.1, -0.05) is 11.6 Å². The molecule has 4 rings (SSSR count). The van der Waals surface area contributed by atoms with Crippen LogP contribution in [0.15, 0.2) is 65.1 Å². The van der Waals surface area contributed by atoms with Crippen molar-refractivity contribution in [2.45, 2.75) is 6.29 Å². The number of allylic oxidation sites excluding steroid dienone is 1. The molecule has 1 atom stereocenters. The number of benzene rings is 1. The first-order valence-electron chi connectivity index (χ1n) is 6.88. The smallest absolute Gasteiger partial charge is 0.265 e. The molecule has 7 nitrogen and oxygen atoms in total. The van der Waals surface area contributed by atoms with Crippen LogP contribution in [0, 0.1) is 0 Å². The van der Waals surface area contributed by atoms with Gasteiger partial charge in [-0.05, 0) is 41.6 Å². The summed E-state index contributed by atoms with van der Waals surface area (Å²) in [5, 5.41) is 6.30. The number of rotatable bonds is 2. The molecule has 0 saturated carbocycles. The molecular formula is C15H11ClN6O. The average molecular weight is 327 g/mol. The predicted molar refractivity (Wildman–Crippen MR) is 86.8 cm³/mol. The third-order valence-corrected chi connectivity index (χ3v) is 3.57. The van der Waals surface area contributed by atoms with Crippen molar-refractivity contribution in [1.29, 1.82) is 0 Å². The minimum atomic E-state index is -0.467. The Bertz CT molecular complexity index is 789. The molecule has 2 aliphatic heterocycles. The standard InChI is InChI=1S/C15H11ClN6O/c16-12-5-3-11(4-6-12)13-20-23-22(14-17-7-1-8-18-14)15-19-9-2-10-21(13)15/h1-10,15H/t15-/m1/s1. The van der Waals surface area contributed by atoms with Gasteiger partial charge in [0.2, 0.25) is 6.29 Å². The fourth-order valence-electron chi connectivity index (χ4n) is 2.28. The molecule has 0 unspecified atom stereocenters. The van der Waals surface area contributed by atoms with E-state index in [0.717, 1.165) is 5.56 Å². The van der Waals surface area contributed by atoms with Gasteiger partial charge in [-0.25, -0.2) is 15.0 Å². The Morgan fingerprint density at radius 2 is 1.87 bits per heavy atom. The summed E-state index contributed by atoms with van der Waals surface area (Å²) in [6, 6.07) is 9.10. The number of hydrogen-bond donors (Lipinski definition) is 0. The van der Waals surface area contributed by atoms with Gasteiger partial charge in [-0.15, -0.1) is 5.06 Å². The Labute approximate surface area is 137 Å². The van der Waals surface area contributed by atoms with Crippen LogP contribution in [0.3, 0.4) is 0 Å². The van der Waals surface area contributed by atoms with E-state index < -0.39 is 6.29 Å². The van der Waals surface area contributed by atoms with E-state index in [1.807, 2.05) is 29.3 Å². The zero-order chi connectivity index (χ0) is 15.6. The van der Waals surface area contributed by atoms with Gasteiger partial charge < -0.3 is 0 Å². The van der Waals surface area contributed by atoms with Gasteiger partial charge in [0.05, 0.1) is 0 Å². The van der Waals surface area contributed by atoms with Crippen molar-refractivity contribution in [1.82, 2.24) is 14.9 Å². The van der Waals surface area contributed by atoms with Crippen molar-refractivity contribution < 1.29 is 4.94 Å². The molecule has 2 aromatic rings. The molecule has 0 aliphatic carbocycles. The Kier molecular flexibility index (Phi) is 3.39. The van der Waals surface area contributed by atoms with E-state index in [0.29, 0.717) is 16.8 Å². The highest BCUT2D eigenvalue weighted by Crippen LogP contribution is 2.25. The highest BCUT2D eigenvalue weighted by molar-refractivity contribution is 6.30. The third-order valence-electron chi connectivity index (χ3n) is 3.32. The molecule has 0 fully saturated rings. The summed E-state index contributed by atoms with van der Waals surface area (Å²) in [5.41, 5.74) is 0.870. The number of amidine groups is 1. The summed E-state index contributed by atoms with van der Waals surface area (Å²) >= 11 is 5.94. The highest BCUT2D eigenvalue weighted by Gasteiger charge is 2.35. The first-order chi connectivity index (χ1) is 11.3. The molecule has 0 amide bonds. The second kappa shape index (κ2) is 5.69. The van der Waals surface area contributed by atoms with Crippen LogP contribution in [0.4, 0.5) is 5.95 Å². The number of nitrogens with zero attached hydrogens (tertiary/aromatic N) is 6. The van der Waals surface area contributed by atoms with Crippen molar-refractivity contribution in [3.63, 3.8) is 0 Å². The zero-order valence-electron chi connectivity index (χ0n) is 11.8. The maximum absolute atomic E-state index is 5.94. The quantitative estimate of drug-likeness (QED) is 0.848. The predicted octanol–water partition coefficient (Wildman–Crippen LogP) is 2.43. The minimum absolute atomic E-state index is 0.383. The molecule has 0 spiro atoms. The molecule has 0 radical (unpaired) electrons. The van der Waals surface area contributed by atoms with Gasteiger partial charge in [-0.3, -0.25) is 9.84 Å². The second-order valence-electron chi connectivity index (χ2n) is 4.77. The number of halogens is 1. The van der Waals surface area contributed by atoms with Crippen LogP contribution in [0.5, 0.6) is 0 Å². The average Bonchev–Trinajstić information content (AvgIpc) is 2.62. The van der Waals surface area contributed by atoms with Crippen molar-refractivity contribution in [3.05, 3.63) is 65.6 Å². The van der Waals surface area contributed by atoms with E-state index in [-0.39, 0.29) is 0 Å². The number of anilines is 1. The zero-order valence-corrected chi connectivity index (χ0v) is 12.6. The molecule has 2 aliphatic rings. The Balaban J connectivity index is 1.73. The minimum Gasteiger partial charge on any atom is -0.287 e. The lowest BCUT2D eigenvalue weighted by molar-refractivity contribution is 0.0422. The molecule has 8 heteroatoms. The molecule has 3 heterocycles. The number of hydroxylamine groups is 1. The number of fused-ring (bicyclic) bond motifs is 1. The summed E-state index contributed by atoms with van der Waals surface area (Å²) in [5.74, 6) is 1.01. The lowest BCUT2D eigenvalue weighted by Crippen LogP contribution is -2.52. The molecular weight excluding hydrogens is 316 g/mol. The van der Waals surface area contributed by atoms with Crippen LogP contribution in [-0.2, 0) is 4.94 Å². The van der Waals surface area contributed by atoms with E-state index in [1.54, 1.807) is 36.8 Å². The fraction of sp³-hybridized carbons (Fsp3) is 0.0667. The fourth-order valence-corrected chi connectivity index (χ4v) is 2.40. The van der Waals surface area contributed by atoms with Crippen molar-refractivity contribution in [2.75, 3.05) is 5.06 Å². The Morgan fingerprint density at radius 1 is 1.09 bits per heavy atom. The van der Waals surface area contributed by atoms with Gasteiger partial charge in [-0.2, -0.15) is 0 Å². The van der Waals surface area contributed by atoms with Crippen LogP contribution in [0.25, 0.3) is 0 Å². The molecule has 1 aromatic heterocycles. The monoisotopic (exact) mass is 326 g/mol. The normalized spacial score (nSPS) is 19.2. The number of hydrogen-bond acceptors (Lipinski definition) is 7. The van der Waals surface area contributed by atoms with E-state index in [9.17, 15) is 0 Å². The van der Waals surface area contributed by atoms with Crippen LogP contribution in [-0.4, -0.2) is 33.2 Å². The second-order valence-corrected chi connectivity index (χ2v) is 5.21. The maximum Gasteiger partial charge on any atom is 0.265 e. The van der Waals surface area contributed by atoms with Crippen LogP contribution in [0.2, 0.25) is 5.02 Å². The molecule has 0 bridgehead atoms. The maximum atomic E-state index is 5.94. The van der Waals surface area contributed by atoms with Crippen LogP contribution >= 0.6 is 11.6 Å². The molecule has 1 aromatic carbocycles. The molecule has 114 valence electrons. The van der Waals surface area contributed by atoms with Gasteiger partial charge in [0.15, 0.2) is 5.84 Å². The van der Waals surface area contributed by atoms with E-state index in [2.05, 4.69) is 20.1 Å². The largest absolute Gasteiger partial charge is 0.287 e.